The van der Waals surface area contributed by atoms with Crippen LogP contribution in [-0.2, 0) is 0 Å². The lowest BCUT2D eigenvalue weighted by Gasteiger charge is -2.23. The second-order valence-corrected chi connectivity index (χ2v) is 5.67. The Bertz CT molecular complexity index is 411. The smallest absolute Gasteiger partial charge is 0.139 e. The highest BCUT2D eigenvalue weighted by Gasteiger charge is 2.13. The number of ether oxygens (including phenoxy) is 1. The average molecular weight is 278 g/mol. The Hall–Kier alpha value is -1.33. The van der Waals surface area contributed by atoms with Crippen LogP contribution in [0.2, 0.25) is 0 Å². The highest BCUT2D eigenvalue weighted by Crippen LogP contribution is 2.20. The quantitative estimate of drug-likeness (QED) is 0.807. The molecule has 1 saturated heterocycles. The van der Waals surface area contributed by atoms with Crippen LogP contribution in [0.15, 0.2) is 18.5 Å². The predicted octanol–water partition coefficient (Wildman–Crippen LogP) is 1.16. The topological polar surface area (TPSA) is 31.8 Å². The zero-order valence-corrected chi connectivity index (χ0v) is 12.9. The Morgan fingerprint density at radius 1 is 1.20 bits per heavy atom. The number of pyridine rings is 1. The van der Waals surface area contributed by atoms with Crippen LogP contribution < -0.4 is 9.64 Å². The van der Waals surface area contributed by atoms with Gasteiger partial charge < -0.3 is 19.4 Å². The zero-order valence-electron chi connectivity index (χ0n) is 12.9. The first-order valence-corrected chi connectivity index (χ1v) is 7.31. The van der Waals surface area contributed by atoms with Crippen LogP contribution in [0.25, 0.3) is 0 Å². The Morgan fingerprint density at radius 3 is 2.85 bits per heavy atom. The molecule has 0 aliphatic carbocycles. The van der Waals surface area contributed by atoms with Crippen LogP contribution in [0.5, 0.6) is 5.75 Å². The molecule has 2 heterocycles. The second-order valence-electron chi connectivity index (χ2n) is 5.67. The summed E-state index contributed by atoms with van der Waals surface area (Å²) in [6.45, 7) is 6.03. The van der Waals surface area contributed by atoms with Crippen LogP contribution in [0.1, 0.15) is 6.42 Å². The van der Waals surface area contributed by atoms with E-state index >= 15 is 0 Å². The molecule has 2 rings (SSSR count). The van der Waals surface area contributed by atoms with Crippen molar-refractivity contribution in [3.63, 3.8) is 0 Å². The van der Waals surface area contributed by atoms with Crippen molar-refractivity contribution in [3.05, 3.63) is 18.5 Å². The number of hydrogen-bond donors (Lipinski definition) is 0. The van der Waals surface area contributed by atoms with Crippen LogP contribution in [0.3, 0.4) is 0 Å². The van der Waals surface area contributed by atoms with E-state index in [2.05, 4.69) is 32.8 Å². The lowest BCUT2D eigenvalue weighted by molar-refractivity contribution is 0.260. The molecule has 0 aromatic carbocycles. The minimum Gasteiger partial charge on any atom is -0.491 e. The van der Waals surface area contributed by atoms with Crippen LogP contribution in [0, 0.1) is 0 Å². The summed E-state index contributed by atoms with van der Waals surface area (Å²) >= 11 is 0. The summed E-state index contributed by atoms with van der Waals surface area (Å²) in [6, 6.07) is 2.11. The van der Waals surface area contributed by atoms with Crippen molar-refractivity contribution in [2.75, 3.05) is 65.4 Å². The third-order valence-electron chi connectivity index (χ3n) is 3.59. The van der Waals surface area contributed by atoms with E-state index in [1.807, 2.05) is 20.3 Å². The highest BCUT2D eigenvalue weighted by molar-refractivity contribution is 5.48. The summed E-state index contributed by atoms with van der Waals surface area (Å²) in [5.41, 5.74) is 1.17. The molecule has 1 aliphatic heterocycles. The number of rotatable bonds is 5. The van der Waals surface area contributed by atoms with Crippen molar-refractivity contribution in [3.8, 4) is 5.75 Å². The van der Waals surface area contributed by atoms with Gasteiger partial charge >= 0.3 is 0 Å². The molecule has 0 atom stereocenters. The molecule has 5 heteroatoms. The van der Waals surface area contributed by atoms with Gasteiger partial charge in [0.2, 0.25) is 0 Å². The molecular formula is C15H26N4O. The van der Waals surface area contributed by atoms with E-state index in [-0.39, 0.29) is 0 Å². The molecule has 0 amide bonds. The Labute approximate surface area is 122 Å². The van der Waals surface area contributed by atoms with Gasteiger partial charge in [0.05, 0.1) is 18.1 Å². The summed E-state index contributed by atoms with van der Waals surface area (Å²) in [5, 5.41) is 0. The van der Waals surface area contributed by atoms with E-state index in [1.165, 1.54) is 18.7 Å². The molecule has 1 aliphatic rings. The molecule has 20 heavy (non-hydrogen) atoms. The van der Waals surface area contributed by atoms with Crippen molar-refractivity contribution < 1.29 is 4.74 Å². The predicted molar refractivity (Wildman–Crippen MR) is 82.6 cm³/mol. The van der Waals surface area contributed by atoms with Gasteiger partial charge in [0.15, 0.2) is 0 Å². The number of hydrogen-bond acceptors (Lipinski definition) is 5. The average Bonchev–Trinajstić information content (AvgIpc) is 2.63. The van der Waals surface area contributed by atoms with E-state index in [9.17, 15) is 0 Å². The van der Waals surface area contributed by atoms with E-state index in [0.717, 1.165) is 31.9 Å². The lowest BCUT2D eigenvalue weighted by Crippen LogP contribution is -2.28. The fourth-order valence-electron chi connectivity index (χ4n) is 2.31. The van der Waals surface area contributed by atoms with Crippen molar-refractivity contribution in [2.24, 2.45) is 0 Å². The van der Waals surface area contributed by atoms with E-state index in [0.29, 0.717) is 6.61 Å². The highest BCUT2D eigenvalue weighted by atomic mass is 16.5. The number of likely N-dealkylation sites (N-methyl/N-ethyl adjacent to an activating group) is 2. The molecule has 0 N–H and O–H groups in total. The first-order valence-electron chi connectivity index (χ1n) is 7.31. The first-order chi connectivity index (χ1) is 9.65. The van der Waals surface area contributed by atoms with Gasteiger partial charge in [0.1, 0.15) is 12.4 Å². The molecule has 0 spiro atoms. The summed E-state index contributed by atoms with van der Waals surface area (Å²) in [6.07, 6.45) is 4.93. The molecule has 5 nitrogen and oxygen atoms in total. The zero-order chi connectivity index (χ0) is 14.4. The Kier molecular flexibility index (Phi) is 5.61. The Morgan fingerprint density at radius 2 is 2.05 bits per heavy atom. The number of anilines is 1. The molecule has 0 unspecified atom stereocenters. The summed E-state index contributed by atoms with van der Waals surface area (Å²) < 4.78 is 5.76. The molecule has 1 aromatic heterocycles. The number of nitrogens with zero attached hydrogens (tertiary/aromatic N) is 4. The Balaban J connectivity index is 1.94. The minimum absolute atomic E-state index is 0.695. The largest absolute Gasteiger partial charge is 0.491 e. The van der Waals surface area contributed by atoms with Crippen molar-refractivity contribution in [1.29, 1.82) is 0 Å². The maximum atomic E-state index is 5.76. The van der Waals surface area contributed by atoms with Gasteiger partial charge in [0, 0.05) is 32.2 Å². The normalized spacial score (nSPS) is 17.3. The van der Waals surface area contributed by atoms with Gasteiger partial charge in [-0.05, 0) is 34.1 Å². The van der Waals surface area contributed by atoms with Crippen molar-refractivity contribution >= 4 is 5.69 Å². The molecule has 1 aromatic rings. The van der Waals surface area contributed by atoms with Crippen LogP contribution in [-0.4, -0.2) is 75.3 Å². The first kappa shape index (κ1) is 15.1. The maximum absolute atomic E-state index is 5.76. The van der Waals surface area contributed by atoms with Gasteiger partial charge in [-0.25, -0.2) is 0 Å². The summed E-state index contributed by atoms with van der Waals surface area (Å²) in [5.74, 6) is 0.863. The van der Waals surface area contributed by atoms with Crippen LogP contribution >= 0.6 is 0 Å². The van der Waals surface area contributed by atoms with Crippen molar-refractivity contribution in [2.45, 2.75) is 6.42 Å². The standard InChI is InChI=1S/C15H26N4O/c1-17(2)9-10-20-15-11-14(12-16-13-15)19-6-4-5-18(3)7-8-19/h11-13H,4-10H2,1-3H3. The lowest BCUT2D eigenvalue weighted by atomic mass is 10.3. The SMILES string of the molecule is CN(C)CCOc1cncc(N2CCCN(C)CC2)c1. The fourth-order valence-corrected chi connectivity index (χ4v) is 2.31. The third kappa shape index (κ3) is 4.65. The van der Waals surface area contributed by atoms with E-state index < -0.39 is 0 Å². The minimum atomic E-state index is 0.695. The maximum Gasteiger partial charge on any atom is 0.139 e. The van der Waals surface area contributed by atoms with Gasteiger partial charge in [-0.15, -0.1) is 0 Å². The molecule has 1 fully saturated rings. The van der Waals surface area contributed by atoms with Gasteiger partial charge in [0.25, 0.3) is 0 Å². The van der Waals surface area contributed by atoms with Gasteiger partial charge in [-0.3, -0.25) is 4.98 Å². The summed E-state index contributed by atoms with van der Waals surface area (Å²) in [7, 11) is 6.28. The second kappa shape index (κ2) is 7.45. The van der Waals surface area contributed by atoms with E-state index in [1.54, 1.807) is 6.20 Å². The third-order valence-corrected chi connectivity index (χ3v) is 3.59. The fraction of sp³-hybridized carbons (Fsp3) is 0.667. The molecule has 0 radical (unpaired) electrons. The monoisotopic (exact) mass is 278 g/mol. The van der Waals surface area contributed by atoms with Crippen molar-refractivity contribution in [1.82, 2.24) is 14.8 Å². The summed E-state index contributed by atoms with van der Waals surface area (Å²) in [4.78, 5) is 11.2. The molecule has 0 saturated carbocycles. The van der Waals surface area contributed by atoms with Crippen LogP contribution in [0.4, 0.5) is 5.69 Å². The van der Waals surface area contributed by atoms with E-state index in [4.69, 9.17) is 4.74 Å². The number of aromatic nitrogens is 1. The molecule has 0 bridgehead atoms. The molecular weight excluding hydrogens is 252 g/mol. The van der Waals surface area contributed by atoms with Gasteiger partial charge in [-0.1, -0.05) is 0 Å². The van der Waals surface area contributed by atoms with Gasteiger partial charge in [-0.2, -0.15) is 0 Å². The molecule has 112 valence electrons.